The first-order valence-corrected chi connectivity index (χ1v) is 13.8. The minimum atomic E-state index is -3.49. The maximum absolute atomic E-state index is 12.9. The molecule has 0 spiro atoms. The molecule has 0 bridgehead atoms. The van der Waals surface area contributed by atoms with Gasteiger partial charge in [0.05, 0.1) is 4.90 Å². The Morgan fingerprint density at radius 2 is 1.63 bits per heavy atom. The van der Waals surface area contributed by atoms with E-state index in [1.54, 1.807) is 28.6 Å². The number of rotatable bonds is 6. The zero-order valence-electron chi connectivity index (χ0n) is 19.8. The molecule has 8 heteroatoms. The van der Waals surface area contributed by atoms with Gasteiger partial charge in [0.2, 0.25) is 27.5 Å². The van der Waals surface area contributed by atoms with E-state index in [0.717, 1.165) is 51.6 Å². The highest BCUT2D eigenvalue weighted by atomic mass is 32.2. The molecule has 5 rings (SSSR count). The molecule has 0 N–H and O–H groups in total. The van der Waals surface area contributed by atoms with Crippen LogP contribution >= 0.6 is 0 Å². The second kappa shape index (κ2) is 10.2. The van der Waals surface area contributed by atoms with Gasteiger partial charge in [0.1, 0.15) is 6.07 Å². The highest BCUT2D eigenvalue weighted by molar-refractivity contribution is 7.89. The smallest absolute Gasteiger partial charge is 0.243 e. The van der Waals surface area contributed by atoms with Crippen LogP contribution in [-0.2, 0) is 16.4 Å². The molecule has 2 aliphatic heterocycles. The predicted octanol–water partition coefficient (Wildman–Crippen LogP) is 4.85. The summed E-state index contributed by atoms with van der Waals surface area (Å²) in [6.45, 7) is 2.77. The van der Waals surface area contributed by atoms with Crippen LogP contribution in [0, 0.1) is 17.2 Å². The number of sulfonamides is 1. The molecule has 0 atom stereocenters. The van der Waals surface area contributed by atoms with E-state index in [-0.39, 0.29) is 10.6 Å². The highest BCUT2D eigenvalue weighted by Gasteiger charge is 2.28. The van der Waals surface area contributed by atoms with Crippen LogP contribution in [0.15, 0.2) is 63.9 Å². The van der Waals surface area contributed by atoms with Crippen molar-refractivity contribution in [3.05, 3.63) is 65.9 Å². The van der Waals surface area contributed by atoms with Crippen LogP contribution in [0.25, 0.3) is 11.5 Å². The molecule has 0 saturated carbocycles. The van der Waals surface area contributed by atoms with Gasteiger partial charge in [0.15, 0.2) is 0 Å². The maximum atomic E-state index is 12.9. The first-order valence-electron chi connectivity index (χ1n) is 12.3. The molecule has 2 aliphatic rings. The molecule has 3 heterocycles. The molecule has 182 valence electrons. The lowest BCUT2D eigenvalue weighted by atomic mass is 9.90. The summed E-state index contributed by atoms with van der Waals surface area (Å²) in [5.41, 5.74) is 2.28. The Morgan fingerprint density at radius 1 is 0.943 bits per heavy atom. The highest BCUT2D eigenvalue weighted by Crippen LogP contribution is 2.32. The molecule has 3 aromatic rings. The second-order valence-corrected chi connectivity index (χ2v) is 11.3. The molecule has 35 heavy (non-hydrogen) atoms. The summed E-state index contributed by atoms with van der Waals surface area (Å²) in [6.07, 6.45) is 5.99. The van der Waals surface area contributed by atoms with E-state index >= 15 is 0 Å². The summed E-state index contributed by atoms with van der Waals surface area (Å²) in [4.78, 5) is 6.79. The van der Waals surface area contributed by atoms with Crippen LogP contribution < -0.4 is 4.90 Å². The van der Waals surface area contributed by atoms with Gasteiger partial charge in [0.25, 0.3) is 0 Å². The van der Waals surface area contributed by atoms with Crippen LogP contribution in [0.1, 0.15) is 43.4 Å². The quantitative estimate of drug-likeness (QED) is 0.491. The summed E-state index contributed by atoms with van der Waals surface area (Å²) in [6, 6.07) is 19.3. The largest absolute Gasteiger partial charge is 0.419 e. The lowest BCUT2D eigenvalue weighted by molar-refractivity contribution is 0.346. The zero-order chi connectivity index (χ0) is 24.3. The Kier molecular flexibility index (Phi) is 6.89. The van der Waals surface area contributed by atoms with E-state index in [9.17, 15) is 13.7 Å². The summed E-state index contributed by atoms with van der Waals surface area (Å²) in [5, 5.41) is 9.67. The Hall–Kier alpha value is -3.15. The predicted molar refractivity (Wildman–Crippen MR) is 134 cm³/mol. The van der Waals surface area contributed by atoms with Gasteiger partial charge in [-0.1, -0.05) is 36.8 Å². The Morgan fingerprint density at radius 3 is 2.29 bits per heavy atom. The normalized spacial score (nSPS) is 17.9. The van der Waals surface area contributed by atoms with Gasteiger partial charge in [-0.2, -0.15) is 14.6 Å². The number of nitrogens with zero attached hydrogens (tertiary/aromatic N) is 4. The van der Waals surface area contributed by atoms with Crippen LogP contribution in [-0.4, -0.2) is 43.9 Å². The molecule has 0 radical (unpaired) electrons. The molecule has 2 saturated heterocycles. The molecule has 0 unspecified atom stereocenters. The van der Waals surface area contributed by atoms with Gasteiger partial charge in [-0.25, -0.2) is 8.42 Å². The standard InChI is InChI=1S/C27H30N4O3S/c28-20-25-27(30-17-13-22(14-18-30)19-21-7-3-1-4-8-21)34-26(29-25)23-9-11-24(12-10-23)35(32,33)31-15-5-2-6-16-31/h1,3-4,7-12,22H,2,5-6,13-19H2. The number of oxazole rings is 1. The number of anilines is 1. The van der Waals surface area contributed by atoms with Gasteiger partial charge in [-0.15, -0.1) is 0 Å². The summed E-state index contributed by atoms with van der Waals surface area (Å²) < 4.78 is 33.5. The molecular weight excluding hydrogens is 460 g/mol. The number of benzene rings is 2. The molecule has 0 amide bonds. The fraction of sp³-hybridized carbons (Fsp3) is 0.407. The average molecular weight is 491 g/mol. The van der Waals surface area contributed by atoms with E-state index in [4.69, 9.17) is 4.42 Å². The minimum absolute atomic E-state index is 0.270. The summed E-state index contributed by atoms with van der Waals surface area (Å²) >= 11 is 0. The number of piperidine rings is 2. The topological polar surface area (TPSA) is 90.4 Å². The first-order chi connectivity index (χ1) is 17.0. The number of hydrogen-bond acceptors (Lipinski definition) is 6. The molecule has 0 aliphatic carbocycles. The van der Waals surface area contributed by atoms with Crippen LogP contribution in [0.5, 0.6) is 0 Å². The SMILES string of the molecule is N#Cc1nc(-c2ccc(S(=O)(=O)N3CCCCC3)cc2)oc1N1CCC(Cc2ccccc2)CC1. The van der Waals surface area contributed by atoms with Crippen LogP contribution in [0.4, 0.5) is 5.88 Å². The van der Waals surface area contributed by atoms with Crippen molar-refractivity contribution < 1.29 is 12.8 Å². The van der Waals surface area contributed by atoms with E-state index in [2.05, 4.69) is 40.2 Å². The molecule has 7 nitrogen and oxygen atoms in total. The van der Waals surface area contributed by atoms with E-state index in [0.29, 0.717) is 36.3 Å². The van der Waals surface area contributed by atoms with Gasteiger partial charge in [-0.3, -0.25) is 0 Å². The second-order valence-electron chi connectivity index (χ2n) is 9.39. The lowest BCUT2D eigenvalue weighted by Crippen LogP contribution is -2.35. The number of nitriles is 1. The Labute approximate surface area is 207 Å². The van der Waals surface area contributed by atoms with Gasteiger partial charge >= 0.3 is 0 Å². The van der Waals surface area contributed by atoms with E-state index in [1.165, 1.54) is 5.56 Å². The van der Waals surface area contributed by atoms with Gasteiger partial charge < -0.3 is 9.32 Å². The summed E-state index contributed by atoms with van der Waals surface area (Å²) in [7, 11) is -3.49. The third-order valence-electron chi connectivity index (χ3n) is 7.04. The van der Waals surface area contributed by atoms with Crippen molar-refractivity contribution in [3.63, 3.8) is 0 Å². The minimum Gasteiger partial charge on any atom is -0.419 e. The summed E-state index contributed by atoms with van der Waals surface area (Å²) in [5.74, 6) is 1.45. The van der Waals surface area contributed by atoms with Crippen molar-refractivity contribution in [1.29, 1.82) is 5.26 Å². The van der Waals surface area contributed by atoms with Crippen molar-refractivity contribution in [2.24, 2.45) is 5.92 Å². The van der Waals surface area contributed by atoms with Crippen LogP contribution in [0.3, 0.4) is 0 Å². The van der Waals surface area contributed by atoms with Crippen molar-refractivity contribution in [3.8, 4) is 17.5 Å². The maximum Gasteiger partial charge on any atom is 0.243 e. The van der Waals surface area contributed by atoms with Crippen molar-refractivity contribution in [2.75, 3.05) is 31.1 Å². The zero-order valence-corrected chi connectivity index (χ0v) is 20.6. The average Bonchev–Trinajstić information content (AvgIpc) is 3.35. The Balaban J connectivity index is 1.28. The molecule has 1 aromatic heterocycles. The lowest BCUT2D eigenvalue weighted by Gasteiger charge is -2.31. The molecule has 2 aromatic carbocycles. The monoisotopic (exact) mass is 490 g/mol. The molecular formula is C27H30N4O3S. The third-order valence-corrected chi connectivity index (χ3v) is 8.95. The number of hydrogen-bond donors (Lipinski definition) is 0. The van der Waals surface area contributed by atoms with E-state index in [1.807, 2.05) is 6.07 Å². The first kappa shape index (κ1) is 23.6. The van der Waals surface area contributed by atoms with Gasteiger partial charge in [0, 0.05) is 31.7 Å². The fourth-order valence-corrected chi connectivity index (χ4v) is 6.55. The third kappa shape index (κ3) is 5.12. The fourth-order valence-electron chi connectivity index (χ4n) is 5.03. The van der Waals surface area contributed by atoms with E-state index < -0.39 is 10.0 Å². The molecule has 2 fully saturated rings. The van der Waals surface area contributed by atoms with Crippen molar-refractivity contribution in [1.82, 2.24) is 9.29 Å². The van der Waals surface area contributed by atoms with Gasteiger partial charge in [-0.05, 0) is 67.9 Å². The number of aromatic nitrogens is 1. The Bertz CT molecular complexity index is 1280. The van der Waals surface area contributed by atoms with Crippen molar-refractivity contribution >= 4 is 15.9 Å². The van der Waals surface area contributed by atoms with Crippen LogP contribution in [0.2, 0.25) is 0 Å². The van der Waals surface area contributed by atoms with Crippen molar-refractivity contribution in [2.45, 2.75) is 43.4 Å².